The second-order valence-electron chi connectivity index (χ2n) is 7.36. The third-order valence-corrected chi connectivity index (χ3v) is 5.32. The zero-order valence-corrected chi connectivity index (χ0v) is 17.4. The molecule has 2 aromatic carbocycles. The molecular weight excluding hydrogens is 421 g/mol. The van der Waals surface area contributed by atoms with E-state index in [1.54, 1.807) is 29.4 Å². The summed E-state index contributed by atoms with van der Waals surface area (Å²) in [5, 5.41) is 0. The van der Waals surface area contributed by atoms with E-state index in [-0.39, 0.29) is 18.2 Å². The van der Waals surface area contributed by atoms with E-state index in [4.69, 9.17) is 4.74 Å². The van der Waals surface area contributed by atoms with Crippen LogP contribution in [0.15, 0.2) is 48.8 Å². The normalized spacial score (nSPS) is 13.8. The van der Waals surface area contributed by atoms with E-state index < -0.39 is 6.36 Å². The Bertz CT molecular complexity index is 1140. The Balaban J connectivity index is 1.69. The van der Waals surface area contributed by atoms with Gasteiger partial charge in [-0.15, -0.1) is 13.2 Å². The Morgan fingerprint density at radius 3 is 2.41 bits per heavy atom. The van der Waals surface area contributed by atoms with Gasteiger partial charge in [0.25, 0.3) is 5.91 Å². The van der Waals surface area contributed by atoms with Crippen LogP contribution in [0.5, 0.6) is 11.5 Å². The molecule has 1 amide bonds. The molecule has 0 atom stereocenters. The lowest BCUT2D eigenvalue weighted by Gasteiger charge is -2.20. The van der Waals surface area contributed by atoms with Crippen LogP contribution in [0.3, 0.4) is 0 Å². The summed E-state index contributed by atoms with van der Waals surface area (Å²) in [6, 6.07) is 9.00. The van der Waals surface area contributed by atoms with Crippen LogP contribution in [0.25, 0.3) is 11.1 Å². The zero-order valence-electron chi connectivity index (χ0n) is 17.4. The molecule has 4 rings (SSSR count). The molecule has 0 unspecified atom stereocenters. The Kier molecular flexibility index (Phi) is 5.82. The molecule has 0 N–H and O–H groups in total. The number of ether oxygens (including phenoxy) is 2. The van der Waals surface area contributed by atoms with Gasteiger partial charge in [-0.25, -0.2) is 9.97 Å². The number of benzene rings is 2. The van der Waals surface area contributed by atoms with E-state index in [1.807, 2.05) is 15.7 Å². The number of nitrogens with zero attached hydrogens (tertiary/aromatic N) is 3. The van der Waals surface area contributed by atoms with Gasteiger partial charge < -0.3 is 14.4 Å². The van der Waals surface area contributed by atoms with Gasteiger partial charge in [0.2, 0.25) is 0 Å². The SMILES string of the molecule is Bc1c(-c2ccc(OC(F)(F)F)cc2)cc2c(c1B)OCCN(Cc1ncccn1)C2=O. The highest BCUT2D eigenvalue weighted by Crippen LogP contribution is 2.29. The number of rotatable bonds is 4. The molecule has 1 aliphatic heterocycles. The van der Waals surface area contributed by atoms with Gasteiger partial charge in [0.1, 0.15) is 39.6 Å². The molecule has 2 heterocycles. The Hall–Kier alpha value is -3.49. The van der Waals surface area contributed by atoms with Gasteiger partial charge in [-0.2, -0.15) is 0 Å². The lowest BCUT2D eigenvalue weighted by atomic mass is 9.74. The number of alkyl halides is 3. The van der Waals surface area contributed by atoms with Gasteiger partial charge in [0.15, 0.2) is 0 Å². The highest BCUT2D eigenvalue weighted by Gasteiger charge is 2.31. The monoisotopic (exact) mass is 439 g/mol. The third-order valence-electron chi connectivity index (χ3n) is 5.32. The quantitative estimate of drug-likeness (QED) is 0.558. The molecule has 0 saturated heterocycles. The predicted molar refractivity (Wildman–Crippen MR) is 117 cm³/mol. The highest BCUT2D eigenvalue weighted by atomic mass is 19.4. The fourth-order valence-electron chi connectivity index (χ4n) is 3.64. The largest absolute Gasteiger partial charge is 0.573 e. The molecular formula is C21H18B2F3N3O3. The molecule has 0 bridgehead atoms. The lowest BCUT2D eigenvalue weighted by molar-refractivity contribution is -0.274. The predicted octanol–water partition coefficient (Wildman–Crippen LogP) is 0.594. The molecule has 0 aliphatic carbocycles. The molecule has 162 valence electrons. The molecule has 0 saturated carbocycles. The molecule has 11 heteroatoms. The topological polar surface area (TPSA) is 64.6 Å². The van der Waals surface area contributed by atoms with Gasteiger partial charge >= 0.3 is 6.36 Å². The Labute approximate surface area is 184 Å². The first-order valence-corrected chi connectivity index (χ1v) is 9.91. The van der Waals surface area contributed by atoms with Crippen LogP contribution in [-0.4, -0.2) is 56.0 Å². The average molecular weight is 439 g/mol. The fourth-order valence-corrected chi connectivity index (χ4v) is 3.64. The van der Waals surface area contributed by atoms with Crippen molar-refractivity contribution in [1.29, 1.82) is 0 Å². The lowest BCUT2D eigenvalue weighted by Crippen LogP contribution is -2.34. The number of fused-ring (bicyclic) bond motifs is 1. The summed E-state index contributed by atoms with van der Waals surface area (Å²) >= 11 is 0. The Morgan fingerprint density at radius 2 is 1.75 bits per heavy atom. The second kappa shape index (κ2) is 8.57. The van der Waals surface area contributed by atoms with Crippen molar-refractivity contribution < 1.29 is 27.4 Å². The maximum atomic E-state index is 13.3. The summed E-state index contributed by atoms with van der Waals surface area (Å²) < 4.78 is 47.2. The van der Waals surface area contributed by atoms with Crippen molar-refractivity contribution in [2.75, 3.05) is 13.2 Å². The molecule has 0 spiro atoms. The van der Waals surface area contributed by atoms with E-state index in [9.17, 15) is 18.0 Å². The smallest absolute Gasteiger partial charge is 0.492 e. The van der Waals surface area contributed by atoms with Gasteiger partial charge in [-0.05, 0) is 35.4 Å². The van der Waals surface area contributed by atoms with Crippen LogP contribution in [0.1, 0.15) is 16.2 Å². The number of amides is 1. The van der Waals surface area contributed by atoms with E-state index in [2.05, 4.69) is 14.7 Å². The van der Waals surface area contributed by atoms with E-state index in [1.165, 1.54) is 24.3 Å². The van der Waals surface area contributed by atoms with Crippen molar-refractivity contribution in [2.24, 2.45) is 0 Å². The van der Waals surface area contributed by atoms with Gasteiger partial charge in [-0.1, -0.05) is 23.1 Å². The van der Waals surface area contributed by atoms with Gasteiger partial charge in [0.05, 0.1) is 18.7 Å². The van der Waals surface area contributed by atoms with Crippen molar-refractivity contribution in [3.63, 3.8) is 0 Å². The number of aromatic nitrogens is 2. The van der Waals surface area contributed by atoms with Crippen molar-refractivity contribution >= 4 is 32.5 Å². The molecule has 32 heavy (non-hydrogen) atoms. The first kappa shape index (κ1) is 21.7. The summed E-state index contributed by atoms with van der Waals surface area (Å²) in [5.74, 6) is 0.517. The summed E-state index contributed by atoms with van der Waals surface area (Å²) in [6.45, 7) is 0.950. The molecule has 3 aromatic rings. The van der Waals surface area contributed by atoms with E-state index >= 15 is 0 Å². The standard InChI is InChI=1S/C21H18B2F3N3O3/c22-17-14(12-2-4-13(5-3-12)32-21(24,25)26)10-15-19(18(17)23)31-9-8-29(20(15)30)11-16-27-6-1-7-28-16/h1-7,10H,8-9,11,22-23H2. The summed E-state index contributed by atoms with van der Waals surface area (Å²) in [7, 11) is 3.75. The molecule has 0 fully saturated rings. The van der Waals surface area contributed by atoms with Crippen molar-refractivity contribution in [1.82, 2.24) is 14.9 Å². The van der Waals surface area contributed by atoms with Gasteiger partial charge in [0, 0.05) is 12.4 Å². The van der Waals surface area contributed by atoms with Crippen molar-refractivity contribution in [2.45, 2.75) is 12.9 Å². The average Bonchev–Trinajstić information content (AvgIpc) is 2.90. The number of hydrogen-bond donors (Lipinski definition) is 0. The summed E-state index contributed by atoms with van der Waals surface area (Å²) in [4.78, 5) is 23.3. The van der Waals surface area contributed by atoms with Crippen LogP contribution in [0, 0.1) is 0 Å². The summed E-state index contributed by atoms with van der Waals surface area (Å²) in [6.07, 6.45) is -1.52. The van der Waals surface area contributed by atoms with Crippen LogP contribution in [-0.2, 0) is 6.54 Å². The minimum Gasteiger partial charge on any atom is -0.492 e. The van der Waals surface area contributed by atoms with Crippen LogP contribution < -0.4 is 20.4 Å². The van der Waals surface area contributed by atoms with Crippen molar-refractivity contribution in [3.05, 3.63) is 60.2 Å². The first-order valence-electron chi connectivity index (χ1n) is 9.91. The second-order valence-corrected chi connectivity index (χ2v) is 7.36. The van der Waals surface area contributed by atoms with Crippen molar-refractivity contribution in [3.8, 4) is 22.6 Å². The first-order chi connectivity index (χ1) is 15.2. The molecule has 6 nitrogen and oxygen atoms in total. The molecule has 0 radical (unpaired) electrons. The summed E-state index contributed by atoms with van der Waals surface area (Å²) in [5.41, 5.74) is 3.47. The highest BCUT2D eigenvalue weighted by molar-refractivity contribution is 6.52. The number of carbonyl (C=O) groups is 1. The molecule has 1 aliphatic rings. The van der Waals surface area contributed by atoms with Gasteiger partial charge in [-0.3, -0.25) is 4.79 Å². The third kappa shape index (κ3) is 4.56. The number of halogens is 3. The van der Waals surface area contributed by atoms with E-state index in [0.29, 0.717) is 35.9 Å². The fraction of sp³-hybridized carbons (Fsp3) is 0.190. The van der Waals surface area contributed by atoms with Crippen LogP contribution in [0.4, 0.5) is 13.2 Å². The van der Waals surface area contributed by atoms with Crippen LogP contribution >= 0.6 is 0 Å². The Morgan fingerprint density at radius 1 is 1.06 bits per heavy atom. The zero-order chi connectivity index (χ0) is 22.9. The van der Waals surface area contributed by atoms with E-state index in [0.717, 1.165) is 16.5 Å². The number of hydrogen-bond acceptors (Lipinski definition) is 5. The number of carbonyl (C=O) groups excluding carboxylic acids is 1. The minimum absolute atomic E-state index is 0.216. The van der Waals surface area contributed by atoms with Crippen LogP contribution in [0.2, 0.25) is 0 Å². The maximum Gasteiger partial charge on any atom is 0.573 e. The maximum absolute atomic E-state index is 13.3. The molecule has 1 aromatic heterocycles. The minimum atomic E-state index is -4.76.